The fraction of sp³-hybridized carbons (Fsp3) is 0.800. The van der Waals surface area contributed by atoms with Crippen molar-refractivity contribution in [2.75, 3.05) is 6.54 Å². The number of nitrogens with one attached hydrogen (secondary N) is 1. The summed E-state index contributed by atoms with van der Waals surface area (Å²) in [5, 5.41) is 20.9. The summed E-state index contributed by atoms with van der Waals surface area (Å²) in [6.45, 7) is 3.71. The monoisotopic (exact) mass is 230 g/mol. The number of hydrogen-bond acceptors (Lipinski definition) is 4. The SMILES string of the molecule is CC1CNC(C(=O)O)CC(C)C1(N)C(=O)O. The maximum Gasteiger partial charge on any atom is 0.324 e. The van der Waals surface area contributed by atoms with E-state index in [0.717, 1.165) is 0 Å². The molecule has 0 aromatic heterocycles. The highest BCUT2D eigenvalue weighted by Crippen LogP contribution is 2.30. The molecular weight excluding hydrogens is 212 g/mol. The van der Waals surface area contributed by atoms with Gasteiger partial charge in [-0.2, -0.15) is 0 Å². The second kappa shape index (κ2) is 4.39. The van der Waals surface area contributed by atoms with Crippen LogP contribution in [-0.4, -0.2) is 40.3 Å². The molecule has 4 unspecified atom stereocenters. The van der Waals surface area contributed by atoms with E-state index in [1.165, 1.54) is 0 Å². The maximum atomic E-state index is 11.2. The van der Waals surface area contributed by atoms with E-state index in [-0.39, 0.29) is 12.3 Å². The van der Waals surface area contributed by atoms with E-state index in [4.69, 9.17) is 10.8 Å². The molecule has 6 heteroatoms. The van der Waals surface area contributed by atoms with Gasteiger partial charge in [0.25, 0.3) is 0 Å². The smallest absolute Gasteiger partial charge is 0.324 e. The summed E-state index contributed by atoms with van der Waals surface area (Å²) in [6, 6.07) is -0.720. The Hall–Kier alpha value is -1.14. The molecule has 1 fully saturated rings. The third-order valence-electron chi connectivity index (χ3n) is 3.56. The van der Waals surface area contributed by atoms with E-state index >= 15 is 0 Å². The molecule has 1 heterocycles. The second-order valence-electron chi connectivity index (χ2n) is 4.58. The van der Waals surface area contributed by atoms with Gasteiger partial charge in [-0.1, -0.05) is 13.8 Å². The van der Waals surface area contributed by atoms with Gasteiger partial charge >= 0.3 is 11.9 Å². The normalized spacial score (nSPS) is 40.1. The average Bonchev–Trinajstić information content (AvgIpc) is 2.30. The van der Waals surface area contributed by atoms with Crippen molar-refractivity contribution in [1.29, 1.82) is 0 Å². The molecule has 0 aromatic rings. The molecular formula is C10H18N2O4. The third-order valence-corrected chi connectivity index (χ3v) is 3.56. The van der Waals surface area contributed by atoms with Crippen LogP contribution >= 0.6 is 0 Å². The van der Waals surface area contributed by atoms with E-state index in [1.54, 1.807) is 13.8 Å². The lowest BCUT2D eigenvalue weighted by Gasteiger charge is -2.34. The van der Waals surface area contributed by atoms with Crippen LogP contribution in [0.4, 0.5) is 0 Å². The first-order valence-electron chi connectivity index (χ1n) is 5.28. The van der Waals surface area contributed by atoms with Crippen LogP contribution in [0.2, 0.25) is 0 Å². The van der Waals surface area contributed by atoms with Crippen LogP contribution in [0.1, 0.15) is 20.3 Å². The van der Waals surface area contributed by atoms with Crippen molar-refractivity contribution in [3.05, 3.63) is 0 Å². The van der Waals surface area contributed by atoms with Gasteiger partial charge in [-0.25, -0.2) is 0 Å². The Morgan fingerprint density at radius 3 is 2.31 bits per heavy atom. The highest BCUT2D eigenvalue weighted by molar-refractivity contribution is 5.80. The van der Waals surface area contributed by atoms with Gasteiger partial charge in [0.1, 0.15) is 11.6 Å². The number of aliphatic carboxylic acids is 2. The highest BCUT2D eigenvalue weighted by atomic mass is 16.4. The molecule has 0 radical (unpaired) electrons. The van der Waals surface area contributed by atoms with E-state index in [2.05, 4.69) is 5.32 Å². The first-order valence-corrected chi connectivity index (χ1v) is 5.28. The molecule has 0 bridgehead atoms. The highest BCUT2D eigenvalue weighted by Gasteiger charge is 2.47. The van der Waals surface area contributed by atoms with Gasteiger partial charge < -0.3 is 21.3 Å². The molecule has 4 atom stereocenters. The third kappa shape index (κ3) is 2.03. The summed E-state index contributed by atoms with van der Waals surface area (Å²) in [5.41, 5.74) is 4.55. The van der Waals surface area contributed by atoms with Gasteiger partial charge in [0.15, 0.2) is 0 Å². The summed E-state index contributed by atoms with van der Waals surface area (Å²) in [7, 11) is 0. The predicted octanol–water partition coefficient (Wildman–Crippen LogP) is -0.513. The van der Waals surface area contributed by atoms with E-state index in [0.29, 0.717) is 6.54 Å². The standard InChI is InChI=1S/C10H18N2O4/c1-5-3-7(8(13)14)12-4-6(2)10(5,11)9(15)16/h5-7,12H,3-4,11H2,1-2H3,(H,13,14)(H,15,16). The number of carbonyl (C=O) groups is 2. The Labute approximate surface area is 93.8 Å². The summed E-state index contributed by atoms with van der Waals surface area (Å²) in [4.78, 5) is 22.1. The van der Waals surface area contributed by atoms with Crippen LogP contribution in [0, 0.1) is 11.8 Å². The Balaban J connectivity index is 2.97. The van der Waals surface area contributed by atoms with Crippen molar-refractivity contribution in [3.8, 4) is 0 Å². The van der Waals surface area contributed by atoms with Crippen molar-refractivity contribution in [3.63, 3.8) is 0 Å². The van der Waals surface area contributed by atoms with E-state index in [1.807, 2.05) is 0 Å². The summed E-state index contributed by atoms with van der Waals surface area (Å²) >= 11 is 0. The molecule has 5 N–H and O–H groups in total. The number of carboxylic acids is 2. The first-order chi connectivity index (χ1) is 7.30. The average molecular weight is 230 g/mol. The molecule has 0 amide bonds. The number of rotatable bonds is 2. The number of carboxylic acid groups (broad SMARTS) is 2. The molecule has 1 saturated heterocycles. The van der Waals surface area contributed by atoms with Gasteiger partial charge in [0.2, 0.25) is 0 Å². The van der Waals surface area contributed by atoms with Crippen LogP contribution in [0.25, 0.3) is 0 Å². The van der Waals surface area contributed by atoms with Crippen LogP contribution in [0.15, 0.2) is 0 Å². The van der Waals surface area contributed by atoms with Crippen LogP contribution < -0.4 is 11.1 Å². The van der Waals surface area contributed by atoms with Crippen molar-refractivity contribution in [1.82, 2.24) is 5.32 Å². The zero-order valence-electron chi connectivity index (χ0n) is 9.43. The minimum absolute atomic E-state index is 0.225. The fourth-order valence-electron chi connectivity index (χ4n) is 2.22. The lowest BCUT2D eigenvalue weighted by molar-refractivity contribution is -0.148. The summed E-state index contributed by atoms with van der Waals surface area (Å²) in [6.07, 6.45) is 0.225. The molecule has 6 nitrogen and oxygen atoms in total. The summed E-state index contributed by atoms with van der Waals surface area (Å²) < 4.78 is 0. The second-order valence-corrected chi connectivity index (χ2v) is 4.58. The zero-order chi connectivity index (χ0) is 12.5. The molecule has 0 spiro atoms. The predicted molar refractivity (Wildman–Crippen MR) is 56.9 cm³/mol. The molecule has 92 valence electrons. The van der Waals surface area contributed by atoms with Gasteiger partial charge in [-0.15, -0.1) is 0 Å². The molecule has 1 rings (SSSR count). The molecule has 1 aliphatic heterocycles. The topological polar surface area (TPSA) is 113 Å². The minimum Gasteiger partial charge on any atom is -0.480 e. The van der Waals surface area contributed by atoms with Crippen molar-refractivity contribution in [2.24, 2.45) is 17.6 Å². The summed E-state index contributed by atoms with van der Waals surface area (Å²) in [5.74, 6) is -2.74. The lowest BCUT2D eigenvalue weighted by atomic mass is 9.75. The van der Waals surface area contributed by atoms with Crippen LogP contribution in [0.5, 0.6) is 0 Å². The van der Waals surface area contributed by atoms with E-state index < -0.39 is 29.4 Å². The maximum absolute atomic E-state index is 11.2. The molecule has 0 aromatic carbocycles. The van der Waals surface area contributed by atoms with Crippen LogP contribution in [-0.2, 0) is 9.59 Å². The Kier molecular flexibility index (Phi) is 3.54. The van der Waals surface area contributed by atoms with Gasteiger partial charge in [-0.3, -0.25) is 9.59 Å². The molecule has 0 saturated carbocycles. The Morgan fingerprint density at radius 1 is 1.31 bits per heavy atom. The van der Waals surface area contributed by atoms with Crippen molar-refractivity contribution < 1.29 is 19.8 Å². The minimum atomic E-state index is -1.36. The van der Waals surface area contributed by atoms with Crippen molar-refractivity contribution in [2.45, 2.75) is 31.8 Å². The fourth-order valence-corrected chi connectivity index (χ4v) is 2.22. The number of nitrogens with two attached hydrogens (primary N) is 1. The zero-order valence-corrected chi connectivity index (χ0v) is 9.43. The Bertz CT molecular complexity index is 307. The van der Waals surface area contributed by atoms with E-state index in [9.17, 15) is 14.7 Å². The van der Waals surface area contributed by atoms with Gasteiger partial charge in [0.05, 0.1) is 0 Å². The lowest BCUT2D eigenvalue weighted by Crippen LogP contribution is -2.58. The molecule has 16 heavy (non-hydrogen) atoms. The Morgan fingerprint density at radius 2 is 1.88 bits per heavy atom. The largest absolute Gasteiger partial charge is 0.480 e. The van der Waals surface area contributed by atoms with Crippen LogP contribution in [0.3, 0.4) is 0 Å². The first kappa shape index (κ1) is 12.9. The quantitative estimate of drug-likeness (QED) is 0.508. The van der Waals surface area contributed by atoms with Crippen molar-refractivity contribution >= 4 is 11.9 Å². The molecule has 0 aliphatic carbocycles. The van der Waals surface area contributed by atoms with Gasteiger partial charge in [0, 0.05) is 6.54 Å². The molecule has 1 aliphatic rings. The number of hydrogen-bond donors (Lipinski definition) is 4. The van der Waals surface area contributed by atoms with Gasteiger partial charge in [-0.05, 0) is 18.3 Å².